The molecule has 1 aromatic carbocycles. The van der Waals surface area contributed by atoms with Gasteiger partial charge in [0.1, 0.15) is 0 Å². The SMILES string of the molecule is C[C@@H](C(=O)N1CCC[C@H]1C(C)(C)O)[C@H](O)c1ccccc1. The highest BCUT2D eigenvalue weighted by atomic mass is 16.3. The third-order valence-electron chi connectivity index (χ3n) is 4.36. The monoisotopic (exact) mass is 291 g/mol. The third kappa shape index (κ3) is 3.44. The first kappa shape index (κ1) is 16.0. The summed E-state index contributed by atoms with van der Waals surface area (Å²) < 4.78 is 0. The first-order valence-corrected chi connectivity index (χ1v) is 7.58. The van der Waals surface area contributed by atoms with Crippen molar-refractivity contribution in [2.45, 2.75) is 51.4 Å². The molecule has 0 bridgehead atoms. The maximum absolute atomic E-state index is 12.7. The molecule has 0 radical (unpaired) electrons. The summed E-state index contributed by atoms with van der Waals surface area (Å²) in [4.78, 5) is 14.4. The molecule has 0 aliphatic carbocycles. The van der Waals surface area contributed by atoms with Crippen LogP contribution in [0.15, 0.2) is 30.3 Å². The molecule has 1 amide bonds. The Morgan fingerprint density at radius 1 is 1.33 bits per heavy atom. The van der Waals surface area contributed by atoms with E-state index in [1.165, 1.54) is 0 Å². The van der Waals surface area contributed by atoms with Gasteiger partial charge in [-0.15, -0.1) is 0 Å². The molecule has 4 nitrogen and oxygen atoms in total. The maximum atomic E-state index is 12.7. The molecule has 0 aromatic heterocycles. The van der Waals surface area contributed by atoms with Gasteiger partial charge in [0.15, 0.2) is 0 Å². The summed E-state index contributed by atoms with van der Waals surface area (Å²) in [5.74, 6) is -0.605. The molecule has 1 aromatic rings. The number of likely N-dealkylation sites (tertiary alicyclic amines) is 1. The normalized spacial score (nSPS) is 22.1. The lowest BCUT2D eigenvalue weighted by Gasteiger charge is -2.36. The van der Waals surface area contributed by atoms with Crippen LogP contribution in [0, 0.1) is 5.92 Å². The van der Waals surface area contributed by atoms with Crippen molar-refractivity contribution in [2.75, 3.05) is 6.54 Å². The van der Waals surface area contributed by atoms with Gasteiger partial charge in [0, 0.05) is 6.54 Å². The topological polar surface area (TPSA) is 60.8 Å². The summed E-state index contributed by atoms with van der Waals surface area (Å²) >= 11 is 0. The molecule has 0 spiro atoms. The smallest absolute Gasteiger partial charge is 0.228 e. The second-order valence-electron chi connectivity index (χ2n) is 6.49. The van der Waals surface area contributed by atoms with E-state index in [0.717, 1.165) is 18.4 Å². The van der Waals surface area contributed by atoms with Crippen LogP contribution in [-0.4, -0.2) is 39.2 Å². The molecule has 21 heavy (non-hydrogen) atoms. The quantitative estimate of drug-likeness (QED) is 0.893. The third-order valence-corrected chi connectivity index (χ3v) is 4.36. The highest BCUT2D eigenvalue weighted by molar-refractivity contribution is 5.80. The number of rotatable bonds is 4. The number of benzene rings is 1. The van der Waals surface area contributed by atoms with Crippen molar-refractivity contribution in [3.63, 3.8) is 0 Å². The van der Waals surface area contributed by atoms with Crippen LogP contribution in [0.2, 0.25) is 0 Å². The zero-order chi connectivity index (χ0) is 15.6. The Labute approximate surface area is 126 Å². The summed E-state index contributed by atoms with van der Waals surface area (Å²) in [6.07, 6.45) is 0.888. The Bertz CT molecular complexity index is 481. The molecule has 1 aliphatic rings. The molecule has 4 heteroatoms. The van der Waals surface area contributed by atoms with Gasteiger partial charge >= 0.3 is 0 Å². The summed E-state index contributed by atoms with van der Waals surface area (Å²) in [7, 11) is 0. The minimum Gasteiger partial charge on any atom is -0.388 e. The minimum absolute atomic E-state index is 0.0871. The molecular formula is C17H25NO3. The minimum atomic E-state index is -0.913. The number of carbonyl (C=O) groups is 1. The van der Waals surface area contributed by atoms with Crippen LogP contribution in [0.3, 0.4) is 0 Å². The van der Waals surface area contributed by atoms with E-state index in [2.05, 4.69) is 0 Å². The van der Waals surface area contributed by atoms with Gasteiger partial charge in [0.2, 0.25) is 5.91 Å². The van der Waals surface area contributed by atoms with Crippen molar-refractivity contribution in [1.29, 1.82) is 0 Å². The number of hydrogen-bond acceptors (Lipinski definition) is 3. The highest BCUT2D eigenvalue weighted by Crippen LogP contribution is 2.31. The Morgan fingerprint density at radius 2 is 1.95 bits per heavy atom. The van der Waals surface area contributed by atoms with Gasteiger partial charge in [-0.05, 0) is 32.3 Å². The van der Waals surface area contributed by atoms with Crippen molar-refractivity contribution >= 4 is 5.91 Å². The van der Waals surface area contributed by atoms with Crippen LogP contribution < -0.4 is 0 Å². The standard InChI is InChI=1S/C17H25NO3/c1-12(15(19)13-8-5-4-6-9-13)16(20)18-11-7-10-14(18)17(2,3)21/h4-6,8-9,12,14-15,19,21H,7,10-11H2,1-3H3/t12-,14+,15+/m1/s1. The van der Waals surface area contributed by atoms with Crippen molar-refractivity contribution in [3.8, 4) is 0 Å². The fourth-order valence-electron chi connectivity index (χ4n) is 3.10. The predicted octanol–water partition coefficient (Wildman–Crippen LogP) is 2.12. The molecule has 1 heterocycles. The van der Waals surface area contributed by atoms with Gasteiger partial charge in [-0.25, -0.2) is 0 Å². The van der Waals surface area contributed by atoms with Crippen LogP contribution in [0.5, 0.6) is 0 Å². The lowest BCUT2D eigenvalue weighted by molar-refractivity contribution is -0.144. The number of amides is 1. The van der Waals surface area contributed by atoms with Gasteiger partial charge in [-0.1, -0.05) is 37.3 Å². The van der Waals surface area contributed by atoms with E-state index in [1.54, 1.807) is 25.7 Å². The molecule has 1 aliphatic heterocycles. The van der Waals surface area contributed by atoms with E-state index in [1.807, 2.05) is 30.3 Å². The first-order chi connectivity index (χ1) is 9.82. The van der Waals surface area contributed by atoms with Gasteiger partial charge in [-0.2, -0.15) is 0 Å². The Morgan fingerprint density at radius 3 is 2.52 bits per heavy atom. The van der Waals surface area contributed by atoms with Crippen LogP contribution in [0.25, 0.3) is 0 Å². The van der Waals surface area contributed by atoms with Crippen molar-refractivity contribution < 1.29 is 15.0 Å². The van der Waals surface area contributed by atoms with E-state index < -0.39 is 17.6 Å². The maximum Gasteiger partial charge on any atom is 0.228 e. The van der Waals surface area contributed by atoms with E-state index in [4.69, 9.17) is 0 Å². The summed E-state index contributed by atoms with van der Waals surface area (Å²) in [5, 5.41) is 20.6. The van der Waals surface area contributed by atoms with E-state index in [0.29, 0.717) is 6.54 Å². The van der Waals surface area contributed by atoms with Crippen LogP contribution in [0.4, 0.5) is 0 Å². The molecule has 3 atom stereocenters. The predicted molar refractivity (Wildman–Crippen MR) is 81.6 cm³/mol. The number of aliphatic hydroxyl groups excluding tert-OH is 1. The molecule has 1 fully saturated rings. The number of aliphatic hydroxyl groups is 2. The zero-order valence-corrected chi connectivity index (χ0v) is 13.0. The lowest BCUT2D eigenvalue weighted by Crippen LogP contribution is -2.50. The second kappa shape index (κ2) is 6.16. The summed E-state index contributed by atoms with van der Waals surface area (Å²) in [6, 6.07) is 9.07. The van der Waals surface area contributed by atoms with Crippen molar-refractivity contribution in [2.24, 2.45) is 5.92 Å². The van der Waals surface area contributed by atoms with Crippen molar-refractivity contribution in [3.05, 3.63) is 35.9 Å². The molecule has 0 unspecified atom stereocenters. The molecular weight excluding hydrogens is 266 g/mol. The number of hydrogen-bond donors (Lipinski definition) is 2. The van der Waals surface area contributed by atoms with E-state index in [9.17, 15) is 15.0 Å². The average molecular weight is 291 g/mol. The van der Waals surface area contributed by atoms with Crippen LogP contribution in [-0.2, 0) is 4.79 Å². The molecule has 2 N–H and O–H groups in total. The van der Waals surface area contributed by atoms with Gasteiger partial charge in [-0.3, -0.25) is 4.79 Å². The molecule has 116 valence electrons. The van der Waals surface area contributed by atoms with Gasteiger partial charge in [0.05, 0.1) is 23.7 Å². The lowest BCUT2D eigenvalue weighted by atomic mass is 9.93. The van der Waals surface area contributed by atoms with Gasteiger partial charge < -0.3 is 15.1 Å². The fourth-order valence-corrected chi connectivity index (χ4v) is 3.10. The average Bonchev–Trinajstić information content (AvgIpc) is 2.95. The Hall–Kier alpha value is -1.39. The van der Waals surface area contributed by atoms with E-state index >= 15 is 0 Å². The second-order valence-corrected chi connectivity index (χ2v) is 6.49. The first-order valence-electron chi connectivity index (χ1n) is 7.58. The Kier molecular flexibility index (Phi) is 4.69. The van der Waals surface area contributed by atoms with Gasteiger partial charge in [0.25, 0.3) is 0 Å². The molecule has 0 saturated carbocycles. The highest BCUT2D eigenvalue weighted by Gasteiger charge is 2.40. The summed E-state index contributed by atoms with van der Waals surface area (Å²) in [5.41, 5.74) is -0.166. The van der Waals surface area contributed by atoms with Crippen LogP contribution >= 0.6 is 0 Å². The fraction of sp³-hybridized carbons (Fsp3) is 0.588. The van der Waals surface area contributed by atoms with Crippen LogP contribution in [0.1, 0.15) is 45.3 Å². The van der Waals surface area contributed by atoms with E-state index in [-0.39, 0.29) is 11.9 Å². The number of nitrogens with zero attached hydrogens (tertiary/aromatic N) is 1. The largest absolute Gasteiger partial charge is 0.388 e. The summed E-state index contributed by atoms with van der Waals surface area (Å²) in [6.45, 7) is 5.88. The Balaban J connectivity index is 2.12. The molecule has 1 saturated heterocycles. The zero-order valence-electron chi connectivity index (χ0n) is 13.0. The number of carbonyl (C=O) groups excluding carboxylic acids is 1. The molecule has 2 rings (SSSR count). The van der Waals surface area contributed by atoms with Crippen molar-refractivity contribution in [1.82, 2.24) is 4.90 Å².